The lowest BCUT2D eigenvalue weighted by Gasteiger charge is -2.36. The number of rotatable bonds is 4. The number of nitrogens with one attached hydrogen (secondary N) is 1. The van der Waals surface area contributed by atoms with E-state index in [1.165, 1.54) is 9.80 Å². The molecular formula is C16H24F3N3O4. The molecule has 0 aromatic heterocycles. The second-order valence-electron chi connectivity index (χ2n) is 6.87. The molecule has 7 nitrogen and oxygen atoms in total. The molecule has 0 aliphatic carbocycles. The summed E-state index contributed by atoms with van der Waals surface area (Å²) in [5.41, 5.74) is 0. The average Bonchev–Trinajstić information content (AvgIpc) is 2.59. The van der Waals surface area contributed by atoms with E-state index in [0.717, 1.165) is 0 Å². The van der Waals surface area contributed by atoms with Crippen LogP contribution in [0.2, 0.25) is 0 Å². The van der Waals surface area contributed by atoms with Crippen LogP contribution in [-0.4, -0.2) is 71.2 Å². The largest absolute Gasteiger partial charge is 0.481 e. The van der Waals surface area contributed by atoms with Gasteiger partial charge in [0.25, 0.3) is 0 Å². The maximum atomic E-state index is 12.3. The normalized spacial score (nSPS) is 24.3. The highest BCUT2D eigenvalue weighted by Crippen LogP contribution is 2.23. The highest BCUT2D eigenvalue weighted by Gasteiger charge is 2.32. The number of carbonyl (C=O) groups excluding carboxylic acids is 2. The number of likely N-dealkylation sites (tertiary alicyclic amines) is 2. The van der Waals surface area contributed by atoms with Crippen molar-refractivity contribution in [3.63, 3.8) is 0 Å². The van der Waals surface area contributed by atoms with E-state index in [2.05, 4.69) is 5.32 Å². The van der Waals surface area contributed by atoms with Crippen molar-refractivity contribution in [2.45, 2.75) is 50.7 Å². The van der Waals surface area contributed by atoms with Crippen LogP contribution in [0, 0.1) is 5.92 Å². The fourth-order valence-electron chi connectivity index (χ4n) is 3.36. The van der Waals surface area contributed by atoms with E-state index in [9.17, 15) is 27.6 Å². The smallest absolute Gasteiger partial charge is 0.389 e. The van der Waals surface area contributed by atoms with E-state index in [1.807, 2.05) is 0 Å². The van der Waals surface area contributed by atoms with Crippen LogP contribution < -0.4 is 5.32 Å². The number of piperidine rings is 2. The standard InChI is InChI=1S/C16H24F3N3O4/c17-16(18,19)6-5-13(23)21-7-2-4-12(10-21)20-15(26)22-8-1-3-11(9-22)14(24)25/h11-12H,1-10H2,(H,20,26)(H,24,25)/t11?,12-/m1/s1. The Hall–Kier alpha value is -2.00. The van der Waals surface area contributed by atoms with Crippen LogP contribution in [-0.2, 0) is 9.59 Å². The molecule has 0 aromatic rings. The predicted octanol–water partition coefficient (Wildman–Crippen LogP) is 1.83. The molecule has 2 aliphatic rings. The molecule has 10 heteroatoms. The highest BCUT2D eigenvalue weighted by atomic mass is 19.4. The van der Waals surface area contributed by atoms with Crippen molar-refractivity contribution in [1.29, 1.82) is 0 Å². The van der Waals surface area contributed by atoms with E-state index in [0.29, 0.717) is 38.8 Å². The van der Waals surface area contributed by atoms with Gasteiger partial charge in [-0.15, -0.1) is 0 Å². The van der Waals surface area contributed by atoms with Crippen molar-refractivity contribution in [1.82, 2.24) is 15.1 Å². The number of carbonyl (C=O) groups is 3. The molecule has 2 heterocycles. The Morgan fingerprint density at radius 2 is 1.69 bits per heavy atom. The van der Waals surface area contributed by atoms with Gasteiger partial charge >= 0.3 is 18.2 Å². The van der Waals surface area contributed by atoms with Gasteiger partial charge in [-0.1, -0.05) is 0 Å². The number of alkyl halides is 3. The lowest BCUT2D eigenvalue weighted by molar-refractivity contribution is -0.149. The fraction of sp³-hybridized carbons (Fsp3) is 0.812. The van der Waals surface area contributed by atoms with Crippen LogP contribution in [0.25, 0.3) is 0 Å². The summed E-state index contributed by atoms with van der Waals surface area (Å²) in [6.45, 7) is 1.17. The lowest BCUT2D eigenvalue weighted by atomic mass is 9.98. The SMILES string of the molecule is O=C(O)C1CCCN(C(=O)N[C@@H]2CCCN(C(=O)CCC(F)(F)F)C2)C1. The van der Waals surface area contributed by atoms with Crippen LogP contribution in [0.5, 0.6) is 0 Å². The summed E-state index contributed by atoms with van der Waals surface area (Å²) in [5, 5.41) is 11.9. The zero-order chi connectivity index (χ0) is 19.3. The summed E-state index contributed by atoms with van der Waals surface area (Å²) in [6, 6.07) is -0.721. The molecule has 0 spiro atoms. The maximum absolute atomic E-state index is 12.3. The van der Waals surface area contributed by atoms with Crippen LogP contribution in [0.3, 0.4) is 0 Å². The molecule has 2 rings (SSSR count). The monoisotopic (exact) mass is 379 g/mol. The van der Waals surface area contributed by atoms with Gasteiger partial charge in [0, 0.05) is 38.6 Å². The first kappa shape index (κ1) is 20.3. The van der Waals surface area contributed by atoms with Gasteiger partial charge in [-0.2, -0.15) is 13.2 Å². The first-order valence-electron chi connectivity index (χ1n) is 8.78. The minimum atomic E-state index is -4.37. The molecule has 0 radical (unpaired) electrons. The molecular weight excluding hydrogens is 355 g/mol. The Morgan fingerprint density at radius 1 is 1.04 bits per heavy atom. The summed E-state index contributed by atoms with van der Waals surface area (Å²) in [5.74, 6) is -2.08. The Morgan fingerprint density at radius 3 is 2.35 bits per heavy atom. The summed E-state index contributed by atoms with van der Waals surface area (Å²) in [6.07, 6.45) is -3.74. The minimum absolute atomic E-state index is 0.141. The molecule has 2 saturated heterocycles. The number of hydrogen-bond acceptors (Lipinski definition) is 3. The van der Waals surface area contributed by atoms with Crippen LogP contribution in [0.4, 0.5) is 18.0 Å². The third-order valence-corrected chi connectivity index (χ3v) is 4.78. The summed E-state index contributed by atoms with van der Waals surface area (Å²) in [4.78, 5) is 38.2. The average molecular weight is 379 g/mol. The van der Waals surface area contributed by atoms with Gasteiger partial charge in [-0.05, 0) is 25.7 Å². The summed E-state index contributed by atoms with van der Waals surface area (Å²) >= 11 is 0. The molecule has 3 amide bonds. The van der Waals surface area contributed by atoms with Crippen LogP contribution >= 0.6 is 0 Å². The van der Waals surface area contributed by atoms with Crippen molar-refractivity contribution in [2.75, 3.05) is 26.2 Å². The summed E-state index contributed by atoms with van der Waals surface area (Å²) < 4.78 is 36.8. The zero-order valence-corrected chi connectivity index (χ0v) is 14.4. The second-order valence-corrected chi connectivity index (χ2v) is 6.87. The van der Waals surface area contributed by atoms with Gasteiger partial charge in [0.15, 0.2) is 0 Å². The van der Waals surface area contributed by atoms with Gasteiger partial charge in [0.2, 0.25) is 5.91 Å². The van der Waals surface area contributed by atoms with Crippen LogP contribution in [0.15, 0.2) is 0 Å². The van der Waals surface area contributed by atoms with Crippen molar-refractivity contribution >= 4 is 17.9 Å². The maximum Gasteiger partial charge on any atom is 0.389 e. The molecule has 26 heavy (non-hydrogen) atoms. The molecule has 2 fully saturated rings. The molecule has 2 aliphatic heterocycles. The number of hydrogen-bond donors (Lipinski definition) is 2. The van der Waals surface area contributed by atoms with E-state index in [4.69, 9.17) is 5.11 Å². The molecule has 148 valence electrons. The topological polar surface area (TPSA) is 89.9 Å². The first-order valence-corrected chi connectivity index (χ1v) is 8.78. The Bertz CT molecular complexity index is 541. The number of urea groups is 1. The van der Waals surface area contributed by atoms with E-state index < -0.39 is 36.8 Å². The number of amides is 3. The lowest BCUT2D eigenvalue weighted by Crippen LogP contribution is -2.54. The van der Waals surface area contributed by atoms with E-state index in [1.54, 1.807) is 0 Å². The van der Waals surface area contributed by atoms with E-state index in [-0.39, 0.29) is 25.2 Å². The molecule has 2 atom stereocenters. The first-order chi connectivity index (χ1) is 12.2. The quantitative estimate of drug-likeness (QED) is 0.780. The van der Waals surface area contributed by atoms with Gasteiger partial charge in [0.1, 0.15) is 0 Å². The van der Waals surface area contributed by atoms with Gasteiger partial charge in [-0.3, -0.25) is 9.59 Å². The number of carboxylic acid groups (broad SMARTS) is 1. The number of aliphatic carboxylic acids is 1. The number of carboxylic acids is 1. The van der Waals surface area contributed by atoms with Gasteiger partial charge in [-0.25, -0.2) is 4.79 Å². The fourth-order valence-corrected chi connectivity index (χ4v) is 3.36. The predicted molar refractivity (Wildman–Crippen MR) is 85.4 cm³/mol. The Kier molecular flexibility index (Phi) is 6.71. The Balaban J connectivity index is 1.82. The van der Waals surface area contributed by atoms with Gasteiger partial charge < -0.3 is 20.2 Å². The molecule has 0 bridgehead atoms. The van der Waals surface area contributed by atoms with Crippen molar-refractivity contribution < 1.29 is 32.7 Å². The summed E-state index contributed by atoms with van der Waals surface area (Å²) in [7, 11) is 0. The number of halogens is 3. The molecule has 1 unspecified atom stereocenters. The molecule has 0 saturated carbocycles. The number of nitrogens with zero attached hydrogens (tertiary/aromatic N) is 2. The van der Waals surface area contributed by atoms with E-state index >= 15 is 0 Å². The van der Waals surface area contributed by atoms with Crippen LogP contribution in [0.1, 0.15) is 38.5 Å². The Labute approximate surface area is 149 Å². The third kappa shape index (κ3) is 6.06. The highest BCUT2D eigenvalue weighted by molar-refractivity contribution is 5.78. The third-order valence-electron chi connectivity index (χ3n) is 4.78. The van der Waals surface area contributed by atoms with Crippen molar-refractivity contribution in [3.8, 4) is 0 Å². The van der Waals surface area contributed by atoms with Crippen molar-refractivity contribution in [2.24, 2.45) is 5.92 Å². The molecule has 2 N–H and O–H groups in total. The van der Waals surface area contributed by atoms with Gasteiger partial charge in [0.05, 0.1) is 12.3 Å². The second kappa shape index (κ2) is 8.59. The minimum Gasteiger partial charge on any atom is -0.481 e. The zero-order valence-electron chi connectivity index (χ0n) is 14.4. The molecule has 0 aromatic carbocycles. The van der Waals surface area contributed by atoms with Crippen molar-refractivity contribution in [3.05, 3.63) is 0 Å².